The van der Waals surface area contributed by atoms with Crippen molar-refractivity contribution in [3.63, 3.8) is 0 Å². The van der Waals surface area contributed by atoms with Crippen LogP contribution in [-0.4, -0.2) is 65.7 Å². The van der Waals surface area contributed by atoms with Crippen LogP contribution in [0.3, 0.4) is 0 Å². The third kappa shape index (κ3) is 3.06. The summed E-state index contributed by atoms with van der Waals surface area (Å²) in [5.41, 5.74) is 0.839. The molecule has 3 heterocycles. The Balaban J connectivity index is 1.43. The van der Waals surface area contributed by atoms with Crippen molar-refractivity contribution in [1.82, 2.24) is 9.80 Å². The van der Waals surface area contributed by atoms with Crippen molar-refractivity contribution in [2.24, 2.45) is 0 Å². The van der Waals surface area contributed by atoms with Crippen molar-refractivity contribution in [2.45, 2.75) is 24.9 Å². The van der Waals surface area contributed by atoms with Crippen LogP contribution in [0.15, 0.2) is 29.8 Å². The van der Waals surface area contributed by atoms with Gasteiger partial charge < -0.3 is 19.6 Å². The fourth-order valence-electron chi connectivity index (χ4n) is 3.96. The molecule has 1 atom stereocenters. The number of nitrogens with zero attached hydrogens (tertiary/aromatic N) is 2. The molecule has 2 fully saturated rings. The van der Waals surface area contributed by atoms with Gasteiger partial charge in [-0.25, -0.2) is 0 Å². The molecule has 0 spiro atoms. The molecule has 3 aliphatic rings. The van der Waals surface area contributed by atoms with Gasteiger partial charge in [-0.05, 0) is 44.5 Å². The molecule has 5 nitrogen and oxygen atoms in total. The molecule has 1 N–H and O–H groups in total. The van der Waals surface area contributed by atoms with Gasteiger partial charge >= 0.3 is 0 Å². The van der Waals surface area contributed by atoms with Crippen molar-refractivity contribution in [2.75, 3.05) is 39.3 Å². The molecular formula is C19H24N2O3. The van der Waals surface area contributed by atoms with E-state index in [0.717, 1.165) is 24.4 Å². The molecule has 4 rings (SSSR count). The first kappa shape index (κ1) is 15.7. The third-order valence-corrected chi connectivity index (χ3v) is 5.24. The summed E-state index contributed by atoms with van der Waals surface area (Å²) in [6.45, 7) is 4.13. The predicted octanol–water partition coefficient (Wildman–Crippen LogP) is 1.52. The van der Waals surface area contributed by atoms with E-state index in [0.29, 0.717) is 38.2 Å². The highest BCUT2D eigenvalue weighted by atomic mass is 16.5. The number of aliphatic hydroxyl groups is 1. The van der Waals surface area contributed by atoms with Gasteiger partial charge in [-0.2, -0.15) is 0 Å². The van der Waals surface area contributed by atoms with E-state index in [1.807, 2.05) is 30.3 Å². The van der Waals surface area contributed by atoms with E-state index in [2.05, 4.69) is 4.90 Å². The lowest BCUT2D eigenvalue weighted by Gasteiger charge is -2.29. The van der Waals surface area contributed by atoms with E-state index in [1.165, 1.54) is 12.8 Å². The minimum Gasteiger partial charge on any atom is -0.488 e. The van der Waals surface area contributed by atoms with Crippen LogP contribution >= 0.6 is 0 Å². The van der Waals surface area contributed by atoms with Crippen LogP contribution in [0.2, 0.25) is 0 Å². The second-order valence-electron chi connectivity index (χ2n) is 7.18. The number of ether oxygens (including phenoxy) is 1. The average Bonchev–Trinajstić information content (AvgIpc) is 3.24. The van der Waals surface area contributed by atoms with Crippen LogP contribution in [0.25, 0.3) is 6.08 Å². The molecule has 2 saturated heterocycles. The summed E-state index contributed by atoms with van der Waals surface area (Å²) in [7, 11) is 0. The maximum atomic E-state index is 12.8. The minimum absolute atomic E-state index is 0.0122. The molecule has 128 valence electrons. The van der Waals surface area contributed by atoms with Crippen LogP contribution in [0, 0.1) is 0 Å². The van der Waals surface area contributed by atoms with Crippen LogP contribution in [-0.2, 0) is 4.79 Å². The Labute approximate surface area is 142 Å². The van der Waals surface area contributed by atoms with Gasteiger partial charge in [0, 0.05) is 18.7 Å². The molecule has 5 heteroatoms. The van der Waals surface area contributed by atoms with Gasteiger partial charge in [0.05, 0.1) is 17.7 Å². The molecule has 1 aromatic carbocycles. The van der Waals surface area contributed by atoms with Crippen molar-refractivity contribution >= 4 is 12.0 Å². The number of carbonyl (C=O) groups is 1. The Morgan fingerprint density at radius 1 is 1.21 bits per heavy atom. The fraction of sp³-hybridized carbons (Fsp3) is 0.526. The predicted molar refractivity (Wildman–Crippen MR) is 91.7 cm³/mol. The summed E-state index contributed by atoms with van der Waals surface area (Å²) in [5.74, 6) is 0.808. The molecule has 0 saturated carbocycles. The molecule has 1 aromatic rings. The van der Waals surface area contributed by atoms with Gasteiger partial charge in [-0.1, -0.05) is 18.2 Å². The molecule has 0 aromatic heterocycles. The molecule has 0 aliphatic carbocycles. The first-order chi connectivity index (χ1) is 11.6. The summed E-state index contributed by atoms with van der Waals surface area (Å²) < 4.78 is 5.69. The number of amides is 1. The number of β-amino-alcohol motifs (C(OH)–C–C–N with tert-alkyl or cyclic N) is 1. The smallest absolute Gasteiger partial charge is 0.253 e. The van der Waals surface area contributed by atoms with Gasteiger partial charge in [0.25, 0.3) is 5.91 Å². The van der Waals surface area contributed by atoms with Crippen LogP contribution in [0.1, 0.15) is 24.8 Å². The number of likely N-dealkylation sites (tertiary alicyclic amines) is 2. The molecule has 24 heavy (non-hydrogen) atoms. The van der Waals surface area contributed by atoms with E-state index >= 15 is 0 Å². The van der Waals surface area contributed by atoms with Gasteiger partial charge in [0.1, 0.15) is 12.4 Å². The zero-order valence-corrected chi connectivity index (χ0v) is 13.9. The lowest BCUT2D eigenvalue weighted by Crippen LogP contribution is -2.45. The number of hydrogen-bond acceptors (Lipinski definition) is 4. The first-order valence-electron chi connectivity index (χ1n) is 8.79. The Morgan fingerprint density at radius 3 is 2.83 bits per heavy atom. The zero-order chi connectivity index (χ0) is 16.6. The van der Waals surface area contributed by atoms with Crippen LogP contribution < -0.4 is 4.74 Å². The monoisotopic (exact) mass is 328 g/mol. The molecule has 1 amide bonds. The van der Waals surface area contributed by atoms with Crippen LogP contribution in [0.4, 0.5) is 0 Å². The van der Waals surface area contributed by atoms with Crippen molar-refractivity contribution in [3.8, 4) is 5.75 Å². The molecule has 0 unspecified atom stereocenters. The van der Waals surface area contributed by atoms with Crippen molar-refractivity contribution < 1.29 is 14.6 Å². The average molecular weight is 328 g/mol. The maximum absolute atomic E-state index is 12.8. The third-order valence-electron chi connectivity index (χ3n) is 5.24. The summed E-state index contributed by atoms with van der Waals surface area (Å²) in [5, 5.41) is 10.8. The number of hydrogen-bond donors (Lipinski definition) is 1. The SMILES string of the molecule is O=C(C1=Cc2ccccc2OC1)N1CC[C@](O)(CN2CCCC2)C1. The number of fused-ring (bicyclic) bond motifs is 1. The van der Waals surface area contributed by atoms with Crippen LogP contribution in [0.5, 0.6) is 5.75 Å². The van der Waals surface area contributed by atoms with Gasteiger partial charge in [0.15, 0.2) is 0 Å². The highest BCUT2D eigenvalue weighted by Crippen LogP contribution is 2.29. The quantitative estimate of drug-likeness (QED) is 0.914. The van der Waals surface area contributed by atoms with Gasteiger partial charge in [-0.15, -0.1) is 0 Å². The highest BCUT2D eigenvalue weighted by molar-refractivity contribution is 5.99. The van der Waals surface area contributed by atoms with E-state index in [-0.39, 0.29) is 5.91 Å². The minimum atomic E-state index is -0.770. The topological polar surface area (TPSA) is 53.0 Å². The zero-order valence-electron chi connectivity index (χ0n) is 13.9. The fourth-order valence-corrected chi connectivity index (χ4v) is 3.96. The first-order valence-corrected chi connectivity index (χ1v) is 8.79. The second-order valence-corrected chi connectivity index (χ2v) is 7.18. The van der Waals surface area contributed by atoms with Gasteiger partial charge in [0.2, 0.25) is 0 Å². The summed E-state index contributed by atoms with van der Waals surface area (Å²) in [6, 6.07) is 7.74. The Bertz CT molecular complexity index is 666. The summed E-state index contributed by atoms with van der Waals surface area (Å²) in [6.07, 6.45) is 4.99. The standard InChI is InChI=1S/C19H24N2O3/c22-18(16-11-15-5-1-2-6-17(15)24-12-16)21-10-7-19(23,14-21)13-20-8-3-4-9-20/h1-2,5-6,11,23H,3-4,7-10,12-14H2/t19-/m0/s1. The molecular weight excluding hydrogens is 304 g/mol. The number of benzene rings is 1. The van der Waals surface area contributed by atoms with E-state index in [4.69, 9.17) is 4.74 Å². The number of rotatable bonds is 3. The lowest BCUT2D eigenvalue weighted by atomic mass is 10.0. The molecule has 0 radical (unpaired) electrons. The number of carbonyl (C=O) groups excluding carboxylic acids is 1. The summed E-state index contributed by atoms with van der Waals surface area (Å²) >= 11 is 0. The number of para-hydroxylation sites is 1. The van der Waals surface area contributed by atoms with E-state index in [1.54, 1.807) is 4.90 Å². The second kappa shape index (κ2) is 6.22. The van der Waals surface area contributed by atoms with E-state index in [9.17, 15) is 9.90 Å². The highest BCUT2D eigenvalue weighted by Gasteiger charge is 2.40. The molecule has 3 aliphatic heterocycles. The Kier molecular flexibility index (Phi) is 4.06. The summed E-state index contributed by atoms with van der Waals surface area (Å²) in [4.78, 5) is 16.9. The Hall–Kier alpha value is -1.85. The van der Waals surface area contributed by atoms with E-state index < -0.39 is 5.60 Å². The molecule has 0 bridgehead atoms. The van der Waals surface area contributed by atoms with Crippen molar-refractivity contribution in [1.29, 1.82) is 0 Å². The Morgan fingerprint density at radius 2 is 2.00 bits per heavy atom. The lowest BCUT2D eigenvalue weighted by molar-refractivity contribution is -0.127. The largest absolute Gasteiger partial charge is 0.488 e. The van der Waals surface area contributed by atoms with Crippen molar-refractivity contribution in [3.05, 3.63) is 35.4 Å². The van der Waals surface area contributed by atoms with Gasteiger partial charge in [-0.3, -0.25) is 4.79 Å². The maximum Gasteiger partial charge on any atom is 0.253 e. The normalized spacial score (nSPS) is 26.9.